The molecule has 1 saturated carbocycles. The van der Waals surface area contributed by atoms with Crippen LogP contribution in [0.25, 0.3) is 0 Å². The van der Waals surface area contributed by atoms with E-state index in [1.807, 2.05) is 0 Å². The maximum atomic E-state index is 13.1. The summed E-state index contributed by atoms with van der Waals surface area (Å²) in [5.41, 5.74) is 0.756. The SMILES string of the molecule is OC1CC(c2nc(Cc3ccc(F)cc3Cl)no2)N(CC2CC2)C1. The summed E-state index contributed by atoms with van der Waals surface area (Å²) >= 11 is 6.05. The van der Waals surface area contributed by atoms with Gasteiger partial charge in [0.15, 0.2) is 5.82 Å². The molecule has 1 saturated heterocycles. The van der Waals surface area contributed by atoms with E-state index < -0.39 is 0 Å². The van der Waals surface area contributed by atoms with E-state index in [1.165, 1.54) is 25.0 Å². The van der Waals surface area contributed by atoms with Crippen LogP contribution in [0.4, 0.5) is 4.39 Å². The Labute approximate surface area is 144 Å². The summed E-state index contributed by atoms with van der Waals surface area (Å²) in [5.74, 6) is 1.43. The smallest absolute Gasteiger partial charge is 0.244 e. The quantitative estimate of drug-likeness (QED) is 0.897. The molecule has 1 aliphatic heterocycles. The summed E-state index contributed by atoms with van der Waals surface area (Å²) in [5, 5.41) is 14.4. The highest BCUT2D eigenvalue weighted by Crippen LogP contribution is 2.37. The molecule has 0 radical (unpaired) electrons. The molecule has 2 aromatic rings. The Morgan fingerprint density at radius 2 is 2.21 bits per heavy atom. The van der Waals surface area contributed by atoms with E-state index in [0.717, 1.165) is 18.0 Å². The molecule has 1 aromatic heterocycles. The number of hydrogen-bond acceptors (Lipinski definition) is 5. The number of nitrogens with zero attached hydrogens (tertiary/aromatic N) is 3. The van der Waals surface area contributed by atoms with Crippen molar-refractivity contribution in [2.45, 2.75) is 37.8 Å². The lowest BCUT2D eigenvalue weighted by atomic mass is 10.1. The maximum absolute atomic E-state index is 13.1. The second-order valence-electron chi connectivity index (χ2n) is 6.76. The second-order valence-corrected chi connectivity index (χ2v) is 7.17. The van der Waals surface area contributed by atoms with Gasteiger partial charge in [0.05, 0.1) is 12.1 Å². The summed E-state index contributed by atoms with van der Waals surface area (Å²) < 4.78 is 18.6. The normalized spacial score (nSPS) is 24.6. The summed E-state index contributed by atoms with van der Waals surface area (Å²) in [6.07, 6.45) is 3.18. The third-order valence-corrected chi connectivity index (χ3v) is 5.06. The molecule has 1 aliphatic carbocycles. The molecule has 1 aromatic carbocycles. The summed E-state index contributed by atoms with van der Waals surface area (Å²) in [6.45, 7) is 1.63. The first-order valence-electron chi connectivity index (χ1n) is 8.27. The molecule has 4 rings (SSSR count). The number of aliphatic hydroxyl groups excluding tert-OH is 1. The van der Waals surface area contributed by atoms with Crippen molar-refractivity contribution in [3.63, 3.8) is 0 Å². The van der Waals surface area contributed by atoms with E-state index in [1.54, 1.807) is 6.07 Å². The van der Waals surface area contributed by atoms with Crippen molar-refractivity contribution in [2.75, 3.05) is 13.1 Å². The summed E-state index contributed by atoms with van der Waals surface area (Å²) in [6, 6.07) is 4.26. The number of hydrogen-bond donors (Lipinski definition) is 1. The van der Waals surface area contributed by atoms with E-state index in [-0.39, 0.29) is 18.0 Å². The van der Waals surface area contributed by atoms with Gasteiger partial charge in [-0.05, 0) is 42.9 Å². The molecule has 2 atom stereocenters. The standard InChI is InChI=1S/C17H19ClFN3O2/c18-14-6-12(19)4-3-11(14)5-16-20-17(24-21-16)15-7-13(23)9-22(15)8-10-1-2-10/h3-4,6,10,13,15,23H,1-2,5,7-9H2. The molecule has 0 bridgehead atoms. The van der Waals surface area contributed by atoms with Crippen LogP contribution in [0.2, 0.25) is 5.02 Å². The number of aliphatic hydroxyl groups is 1. The number of halogens is 2. The second kappa shape index (κ2) is 6.43. The van der Waals surface area contributed by atoms with Gasteiger partial charge < -0.3 is 9.63 Å². The fourth-order valence-electron chi connectivity index (χ4n) is 3.28. The zero-order valence-corrected chi connectivity index (χ0v) is 13.9. The Morgan fingerprint density at radius 1 is 1.38 bits per heavy atom. The summed E-state index contributed by atoms with van der Waals surface area (Å²) in [7, 11) is 0. The van der Waals surface area contributed by atoms with Gasteiger partial charge in [-0.1, -0.05) is 22.8 Å². The van der Waals surface area contributed by atoms with Crippen LogP contribution in [0.5, 0.6) is 0 Å². The predicted molar refractivity (Wildman–Crippen MR) is 86.2 cm³/mol. The molecule has 0 spiro atoms. The Kier molecular flexibility index (Phi) is 4.28. The Morgan fingerprint density at radius 3 is 2.96 bits per heavy atom. The van der Waals surface area contributed by atoms with Crippen molar-refractivity contribution in [2.24, 2.45) is 5.92 Å². The van der Waals surface area contributed by atoms with E-state index in [9.17, 15) is 9.50 Å². The molecule has 128 valence electrons. The van der Waals surface area contributed by atoms with Crippen molar-refractivity contribution in [3.05, 3.63) is 46.3 Å². The minimum Gasteiger partial charge on any atom is -0.392 e. The average Bonchev–Trinajstić information content (AvgIpc) is 3.10. The zero-order chi connectivity index (χ0) is 16.7. The molecule has 2 fully saturated rings. The maximum Gasteiger partial charge on any atom is 0.244 e. The fraction of sp³-hybridized carbons (Fsp3) is 0.529. The topological polar surface area (TPSA) is 62.4 Å². The van der Waals surface area contributed by atoms with Crippen molar-refractivity contribution in [1.29, 1.82) is 0 Å². The average molecular weight is 352 g/mol. The molecule has 5 nitrogen and oxygen atoms in total. The first kappa shape index (κ1) is 16.0. The van der Waals surface area contributed by atoms with Crippen LogP contribution in [-0.4, -0.2) is 39.3 Å². The third kappa shape index (κ3) is 3.45. The van der Waals surface area contributed by atoms with Gasteiger partial charge in [0.25, 0.3) is 0 Å². The minimum atomic E-state index is -0.367. The Bertz CT molecular complexity index is 734. The molecule has 24 heavy (non-hydrogen) atoms. The number of benzene rings is 1. The summed E-state index contributed by atoms with van der Waals surface area (Å²) in [4.78, 5) is 6.72. The van der Waals surface area contributed by atoms with Gasteiger partial charge in [0, 0.05) is 24.5 Å². The van der Waals surface area contributed by atoms with Crippen LogP contribution in [0, 0.1) is 11.7 Å². The highest BCUT2D eigenvalue weighted by molar-refractivity contribution is 6.31. The molecule has 1 N–H and O–H groups in total. The molecule has 2 heterocycles. The van der Waals surface area contributed by atoms with Crippen LogP contribution < -0.4 is 0 Å². The Hall–Kier alpha value is -1.50. The lowest BCUT2D eigenvalue weighted by molar-refractivity contribution is 0.170. The van der Waals surface area contributed by atoms with E-state index >= 15 is 0 Å². The highest BCUT2D eigenvalue weighted by Gasteiger charge is 2.38. The molecular weight excluding hydrogens is 333 g/mol. The molecule has 0 amide bonds. The van der Waals surface area contributed by atoms with Crippen LogP contribution in [0.15, 0.2) is 22.7 Å². The van der Waals surface area contributed by atoms with Crippen molar-refractivity contribution in [3.8, 4) is 0 Å². The fourth-order valence-corrected chi connectivity index (χ4v) is 3.51. The Balaban J connectivity index is 1.49. The molecule has 2 unspecified atom stereocenters. The monoisotopic (exact) mass is 351 g/mol. The molecule has 2 aliphatic rings. The largest absolute Gasteiger partial charge is 0.392 e. The minimum absolute atomic E-state index is 0.0226. The van der Waals surface area contributed by atoms with Gasteiger partial charge in [0.1, 0.15) is 5.82 Å². The van der Waals surface area contributed by atoms with Gasteiger partial charge in [-0.25, -0.2) is 4.39 Å². The van der Waals surface area contributed by atoms with Crippen LogP contribution in [0.3, 0.4) is 0 Å². The van der Waals surface area contributed by atoms with E-state index in [4.69, 9.17) is 16.1 Å². The van der Waals surface area contributed by atoms with Crippen molar-refractivity contribution < 1.29 is 14.0 Å². The number of aromatic nitrogens is 2. The van der Waals surface area contributed by atoms with Crippen LogP contribution in [-0.2, 0) is 6.42 Å². The first-order chi connectivity index (χ1) is 11.6. The van der Waals surface area contributed by atoms with Gasteiger partial charge in [0.2, 0.25) is 5.89 Å². The van der Waals surface area contributed by atoms with E-state index in [0.29, 0.717) is 36.1 Å². The number of likely N-dealkylation sites (tertiary alicyclic amines) is 1. The molecular formula is C17H19ClFN3O2. The molecule has 7 heteroatoms. The van der Waals surface area contributed by atoms with Crippen molar-refractivity contribution >= 4 is 11.6 Å². The van der Waals surface area contributed by atoms with Gasteiger partial charge in [-0.3, -0.25) is 4.90 Å². The lowest BCUT2D eigenvalue weighted by Gasteiger charge is -2.20. The highest BCUT2D eigenvalue weighted by atomic mass is 35.5. The van der Waals surface area contributed by atoms with E-state index in [2.05, 4.69) is 15.0 Å². The zero-order valence-electron chi connectivity index (χ0n) is 13.2. The van der Waals surface area contributed by atoms with Gasteiger partial charge in [-0.2, -0.15) is 4.98 Å². The third-order valence-electron chi connectivity index (χ3n) is 4.70. The number of rotatable bonds is 5. The van der Waals surface area contributed by atoms with Crippen LogP contribution in [0.1, 0.15) is 42.6 Å². The van der Waals surface area contributed by atoms with Crippen molar-refractivity contribution in [1.82, 2.24) is 15.0 Å². The lowest BCUT2D eigenvalue weighted by Crippen LogP contribution is -2.27. The first-order valence-corrected chi connectivity index (χ1v) is 8.65. The van der Waals surface area contributed by atoms with Crippen LogP contribution >= 0.6 is 11.6 Å². The van der Waals surface area contributed by atoms with Gasteiger partial charge >= 0.3 is 0 Å². The van der Waals surface area contributed by atoms with Gasteiger partial charge in [-0.15, -0.1) is 0 Å². The predicted octanol–water partition coefficient (Wildman–Crippen LogP) is 2.97. The number of β-amino-alcohol motifs (C(OH)–C–C–N with tert-alkyl or cyclic N) is 1.